The smallest absolute Gasteiger partial charge is 0.542 e. The summed E-state index contributed by atoms with van der Waals surface area (Å²) < 4.78 is 0. The molecule has 0 fully saturated rings. The van der Waals surface area contributed by atoms with Crippen molar-refractivity contribution in [2.45, 2.75) is 27.7 Å². The minimum absolute atomic E-state index is 0. The molecule has 0 spiro atoms. The number of nitrogens with one attached hydrogen (secondary N) is 1. The van der Waals surface area contributed by atoms with Crippen LogP contribution in [0.4, 0.5) is 0 Å². The van der Waals surface area contributed by atoms with E-state index in [2.05, 4.69) is 0 Å². The molecular weight excluding hydrogens is 363 g/mol. The van der Waals surface area contributed by atoms with Crippen LogP contribution in [0.25, 0.3) is 0 Å². The van der Waals surface area contributed by atoms with Crippen molar-refractivity contribution in [2.75, 3.05) is 0 Å². The van der Waals surface area contributed by atoms with Crippen LogP contribution in [-0.2, 0) is 45.5 Å². The Morgan fingerprint density at radius 3 is 0.696 bits per heavy atom. The van der Waals surface area contributed by atoms with Gasteiger partial charge >= 0.3 is 16.8 Å². The molecule has 11 nitrogen and oxygen atoms in total. The van der Waals surface area contributed by atoms with E-state index in [1.54, 1.807) is 0 Å². The van der Waals surface area contributed by atoms with Crippen molar-refractivity contribution in [3.8, 4) is 0 Å². The monoisotopic (exact) mass is 378 g/mol. The Morgan fingerprint density at radius 1 is 0.652 bits per heavy atom. The number of ketones is 3. The third-order valence-corrected chi connectivity index (χ3v) is 0.862. The molecule has 0 atom stereocenters. The number of carbonyl (C=O) groups excluding carboxylic acids is 6. The average Bonchev–Trinajstić information content (AvgIpc) is 2.29. The van der Waals surface area contributed by atoms with Crippen LogP contribution in [0, 0.1) is 5.41 Å². The molecule has 0 aromatic heterocycles. The van der Waals surface area contributed by atoms with E-state index in [0.29, 0.717) is 0 Å². The number of hydrogen-bond donors (Lipinski definition) is 2. The molecule has 0 aliphatic heterocycles. The predicted molar refractivity (Wildman–Crippen MR) is 64.7 cm³/mol. The summed E-state index contributed by atoms with van der Waals surface area (Å²) >= 11 is 0. The van der Waals surface area contributed by atoms with E-state index in [1.165, 1.54) is 6.92 Å². The van der Waals surface area contributed by atoms with E-state index in [9.17, 15) is 44.1 Å². The van der Waals surface area contributed by atoms with Gasteiger partial charge in [-0.15, -0.1) is 0 Å². The summed E-state index contributed by atoms with van der Waals surface area (Å²) in [6.45, 7) is 4.35. The molecular formula is C11H15CoN2O9. The molecule has 23 heavy (non-hydrogen) atoms. The molecule has 0 rings (SSSR count). The van der Waals surface area contributed by atoms with Crippen LogP contribution in [0.2, 0.25) is 0 Å². The maximum atomic E-state index is 9.48. The number of hydrogen-bond acceptors (Lipinski definition) is 10. The minimum Gasteiger partial charge on any atom is -0.542 e. The van der Waals surface area contributed by atoms with Gasteiger partial charge in [-0.3, -0.25) is 19.8 Å². The van der Waals surface area contributed by atoms with Crippen molar-refractivity contribution in [3.05, 3.63) is 0 Å². The number of Topliss-reactive ketones (excluding diaryl/α,β-unsaturated/α-hetero) is 3. The van der Waals surface area contributed by atoms with E-state index in [-0.39, 0.29) is 22.6 Å². The fraction of sp³-hybridized carbons (Fsp3) is 0.364. The van der Waals surface area contributed by atoms with Crippen molar-refractivity contribution in [1.29, 1.82) is 5.41 Å². The zero-order chi connectivity index (χ0) is 19.0. The zero-order valence-corrected chi connectivity index (χ0v) is 13.6. The maximum absolute atomic E-state index is 9.48. The second kappa shape index (κ2) is 19.4. The summed E-state index contributed by atoms with van der Waals surface area (Å²) in [5, 5.41) is 34.0. The Balaban J connectivity index is -0.0000000624. The van der Waals surface area contributed by atoms with Gasteiger partial charge in [-0.05, 0) is 6.92 Å². The normalized spacial score (nSPS) is 6.96. The van der Waals surface area contributed by atoms with Crippen LogP contribution in [0.5, 0.6) is 0 Å². The third-order valence-electron chi connectivity index (χ3n) is 0.862. The molecule has 0 aliphatic carbocycles. The molecule has 0 bridgehead atoms. The predicted octanol–water partition coefficient (Wildman–Crippen LogP) is -5.08. The van der Waals surface area contributed by atoms with Crippen LogP contribution < -0.4 is 21.1 Å². The van der Waals surface area contributed by atoms with Gasteiger partial charge in [0.1, 0.15) is 17.9 Å². The van der Waals surface area contributed by atoms with Crippen LogP contribution >= 0.6 is 0 Å². The molecule has 132 valence electrons. The molecule has 0 saturated carbocycles. The van der Waals surface area contributed by atoms with Gasteiger partial charge in [0.05, 0.1) is 5.84 Å². The summed E-state index contributed by atoms with van der Waals surface area (Å²) in [5.74, 6) is -7.53. The molecule has 0 unspecified atom stereocenters. The second-order valence-corrected chi connectivity index (χ2v) is 3.21. The van der Waals surface area contributed by atoms with Crippen LogP contribution in [0.3, 0.4) is 0 Å². The first-order valence-corrected chi connectivity index (χ1v) is 5.13. The van der Waals surface area contributed by atoms with Gasteiger partial charge in [-0.2, -0.15) is 0 Å². The van der Waals surface area contributed by atoms with Gasteiger partial charge in [0.25, 0.3) is 0 Å². The summed E-state index contributed by atoms with van der Waals surface area (Å²) in [6.07, 6.45) is 0. The number of carboxylic acid groups (broad SMARTS) is 3. The molecule has 0 aromatic carbocycles. The van der Waals surface area contributed by atoms with E-state index >= 15 is 0 Å². The molecule has 0 saturated heterocycles. The first-order chi connectivity index (χ1) is 9.66. The second-order valence-electron chi connectivity index (χ2n) is 3.21. The molecule has 0 radical (unpaired) electrons. The minimum atomic E-state index is -1.63. The Labute approximate surface area is 141 Å². The van der Waals surface area contributed by atoms with Crippen molar-refractivity contribution in [2.24, 2.45) is 5.73 Å². The average molecular weight is 378 g/mol. The largest absolute Gasteiger partial charge is 3.00 e. The first kappa shape index (κ1) is 32.4. The Morgan fingerprint density at radius 2 is 0.696 bits per heavy atom. The van der Waals surface area contributed by atoms with E-state index < -0.39 is 35.3 Å². The van der Waals surface area contributed by atoms with Crippen molar-refractivity contribution < 1.29 is 60.9 Å². The fourth-order valence-electron chi connectivity index (χ4n) is 0. The number of nitrogens with two attached hydrogens (primary N) is 1. The van der Waals surface area contributed by atoms with Gasteiger partial charge in [-0.1, -0.05) is 0 Å². The quantitative estimate of drug-likeness (QED) is 0.270. The van der Waals surface area contributed by atoms with Gasteiger partial charge in [-0.25, -0.2) is 0 Å². The van der Waals surface area contributed by atoms with Gasteiger partial charge in [0.15, 0.2) is 17.3 Å². The molecule has 0 amide bonds. The third kappa shape index (κ3) is 66.5. The summed E-state index contributed by atoms with van der Waals surface area (Å²) in [5.41, 5.74) is 4.69. The summed E-state index contributed by atoms with van der Waals surface area (Å²) in [4.78, 5) is 56.2. The van der Waals surface area contributed by atoms with Crippen molar-refractivity contribution in [3.63, 3.8) is 0 Å². The standard InChI is InChI=1S/3C3H4O3.C2H6N2.Co/c3*1-2(4)3(5)6;1-2(3)4;/h3*1H3,(H,5,6);1H3,(H3,3,4);/q;;;;+3/p-3. The number of carboxylic acids is 3. The Kier molecular flexibility index (Phi) is 27.3. The van der Waals surface area contributed by atoms with E-state index in [1.807, 2.05) is 0 Å². The maximum Gasteiger partial charge on any atom is 3.00 e. The Bertz CT molecular complexity index is 363. The van der Waals surface area contributed by atoms with Crippen molar-refractivity contribution in [1.82, 2.24) is 0 Å². The number of rotatable bonds is 3. The molecule has 3 N–H and O–H groups in total. The van der Waals surface area contributed by atoms with Crippen molar-refractivity contribution >= 4 is 41.1 Å². The number of amidine groups is 1. The van der Waals surface area contributed by atoms with E-state index in [4.69, 9.17) is 11.1 Å². The zero-order valence-electron chi connectivity index (χ0n) is 12.6. The first-order valence-electron chi connectivity index (χ1n) is 5.13. The fourth-order valence-corrected chi connectivity index (χ4v) is 0. The van der Waals surface area contributed by atoms with Crippen LogP contribution in [0.1, 0.15) is 27.7 Å². The Hall–Kier alpha value is -2.60. The molecule has 0 aliphatic rings. The molecule has 0 aromatic rings. The van der Waals surface area contributed by atoms with Gasteiger partial charge < -0.3 is 35.4 Å². The SMILES string of the molecule is CC(=N)N.CC(=O)C(=O)[O-].CC(=O)C(=O)[O-].CC(=O)C(=O)[O-].[Co+3]. The van der Waals surface area contributed by atoms with E-state index in [0.717, 1.165) is 20.8 Å². The molecule has 0 heterocycles. The number of aliphatic carboxylic acids is 3. The summed E-state index contributed by atoms with van der Waals surface area (Å²) in [6, 6.07) is 0. The van der Waals surface area contributed by atoms with Gasteiger partial charge in [0, 0.05) is 20.8 Å². The number of carbonyl (C=O) groups is 6. The van der Waals surface area contributed by atoms with Crippen LogP contribution in [0.15, 0.2) is 0 Å². The van der Waals surface area contributed by atoms with Gasteiger partial charge in [0.2, 0.25) is 0 Å². The van der Waals surface area contributed by atoms with Crippen LogP contribution in [-0.4, -0.2) is 41.1 Å². The summed E-state index contributed by atoms with van der Waals surface area (Å²) in [7, 11) is 0. The topological polar surface area (TPSA) is 221 Å². The molecule has 12 heteroatoms.